The van der Waals surface area contributed by atoms with Crippen LogP contribution in [0.4, 0.5) is 0 Å². The molecule has 8 rings (SSSR count). The molecule has 0 amide bonds. The van der Waals surface area contributed by atoms with Gasteiger partial charge in [0.15, 0.2) is 46.0 Å². The van der Waals surface area contributed by atoms with E-state index < -0.39 is 30.4 Å². The predicted molar refractivity (Wildman–Crippen MR) is 451 cm³/mol. The van der Waals surface area contributed by atoms with Crippen molar-refractivity contribution in [1.82, 2.24) is 35.2 Å². The zero-order chi connectivity index (χ0) is 83.7. The minimum atomic E-state index is -3.73. The minimum Gasteiger partial charge on any atom is -0.502 e. The number of aromatic nitrogens is 6. The zero-order valence-corrected chi connectivity index (χ0v) is 75.2. The van der Waals surface area contributed by atoms with E-state index in [-0.39, 0.29) is 118 Å². The first-order valence-electron chi connectivity index (χ1n) is 36.6. The Balaban J connectivity index is 0.000000484. The molecule has 3 aromatic heterocycles. The van der Waals surface area contributed by atoms with Gasteiger partial charge in [-0.3, -0.25) is 4.99 Å². The van der Waals surface area contributed by atoms with Gasteiger partial charge in [0.25, 0.3) is 0 Å². The van der Waals surface area contributed by atoms with E-state index in [9.17, 15) is 30.4 Å². The number of nitrogens with two attached hydrogens (primary N) is 2. The number of benzene rings is 4. The summed E-state index contributed by atoms with van der Waals surface area (Å²) in [7, 11) is 0.507. The Morgan fingerprint density at radius 1 is 0.366 bits per heavy atom. The van der Waals surface area contributed by atoms with Gasteiger partial charge in [0.1, 0.15) is 23.3 Å². The second-order valence-corrected chi connectivity index (χ2v) is 34.8. The van der Waals surface area contributed by atoms with E-state index in [1.54, 1.807) is 48.5 Å². The van der Waals surface area contributed by atoms with Crippen LogP contribution in [0.1, 0.15) is 214 Å². The first-order valence-corrected chi connectivity index (χ1v) is 42.1. The van der Waals surface area contributed by atoms with Crippen LogP contribution in [0.5, 0.6) is 69.0 Å². The van der Waals surface area contributed by atoms with Gasteiger partial charge in [0.05, 0.1) is 105 Å². The molecule has 1 aliphatic heterocycles. The van der Waals surface area contributed by atoms with Crippen molar-refractivity contribution in [1.29, 1.82) is 0 Å². The van der Waals surface area contributed by atoms with E-state index in [1.807, 2.05) is 0 Å². The monoisotopic (exact) mass is 1670 g/mol. The number of halogens is 2. The number of H-pyrrole nitrogens is 3. The van der Waals surface area contributed by atoms with Crippen LogP contribution in [0.3, 0.4) is 0 Å². The Morgan fingerprint density at radius 2 is 0.598 bits per heavy atom. The van der Waals surface area contributed by atoms with Gasteiger partial charge in [0, 0.05) is 51.4 Å². The highest BCUT2D eigenvalue weighted by Gasteiger charge is 2.35. The fraction of sp³-hybridized carbons (Fsp3) is 0.570. The lowest BCUT2D eigenvalue weighted by atomic mass is 9.90. The number of methoxy groups -OCH3 is 8. The number of ether oxygens (including phenoxy) is 8. The van der Waals surface area contributed by atoms with Crippen LogP contribution < -0.4 is 67.2 Å². The number of phenolic OH excluding ortho intramolecular Hbond substituents is 1. The van der Waals surface area contributed by atoms with Gasteiger partial charge in [-0.25, -0.2) is 15.0 Å². The Bertz CT molecular complexity index is 4220. The first-order chi connectivity index (χ1) is 51.1. The summed E-state index contributed by atoms with van der Waals surface area (Å²) >= 11 is 0. The fourth-order valence-electron chi connectivity index (χ4n) is 11.7. The molecule has 0 spiro atoms. The van der Waals surface area contributed by atoms with E-state index in [2.05, 4.69) is 159 Å². The van der Waals surface area contributed by atoms with Gasteiger partial charge in [-0.15, -0.1) is 24.8 Å². The molecule has 0 fully saturated rings. The molecule has 112 heavy (non-hydrogen) atoms. The third kappa shape index (κ3) is 27.3. The van der Waals surface area contributed by atoms with Crippen LogP contribution in [-0.4, -0.2) is 166 Å². The molecule has 4 heterocycles. The summed E-state index contributed by atoms with van der Waals surface area (Å²) < 4.78 is 127. The maximum atomic E-state index is 11.5. The van der Waals surface area contributed by atoms with E-state index in [0.717, 1.165) is 75.7 Å². The summed E-state index contributed by atoms with van der Waals surface area (Å²) in [4.78, 5) is 29.2. The summed E-state index contributed by atoms with van der Waals surface area (Å²) in [6, 6.07) is 14.3. The lowest BCUT2D eigenvalue weighted by Gasteiger charge is -2.26. The number of hydrogen-bond acceptors (Lipinski definition) is 25. The third-order valence-corrected chi connectivity index (χ3v) is 19.1. The molecule has 4 aromatic carbocycles. The molecule has 0 bridgehead atoms. The van der Waals surface area contributed by atoms with Gasteiger partial charge in [-0.2, -0.15) is 25.3 Å². The van der Waals surface area contributed by atoms with Crippen molar-refractivity contribution in [3.05, 3.63) is 88.3 Å². The van der Waals surface area contributed by atoms with Crippen molar-refractivity contribution in [2.45, 2.75) is 198 Å². The summed E-state index contributed by atoms with van der Waals surface area (Å²) in [5.41, 5.74) is 21.0. The number of nitrogens with one attached hydrogen (secondary N) is 4. The molecule has 9 N–H and O–H groups in total. The Labute approximate surface area is 678 Å². The number of imidazole rings is 3. The highest BCUT2D eigenvalue weighted by Crippen LogP contribution is 2.46. The predicted octanol–water partition coefficient (Wildman–Crippen LogP) is 15.6. The van der Waals surface area contributed by atoms with Gasteiger partial charge in [-0.1, -0.05) is 138 Å². The second-order valence-electron chi connectivity index (χ2n) is 30.1. The van der Waals surface area contributed by atoms with Gasteiger partial charge < -0.3 is 87.3 Å². The van der Waals surface area contributed by atoms with Crippen LogP contribution in [0.15, 0.2) is 53.5 Å². The third-order valence-electron chi connectivity index (χ3n) is 17.7. The van der Waals surface area contributed by atoms with Crippen molar-refractivity contribution < 1.29 is 80.8 Å². The van der Waals surface area contributed by atoms with Gasteiger partial charge >= 0.3 is 30.4 Å². The Morgan fingerprint density at radius 3 is 0.768 bits per heavy atom. The van der Waals surface area contributed by atoms with Crippen molar-refractivity contribution in [2.75, 3.05) is 75.6 Å². The quantitative estimate of drug-likeness (QED) is 0.0214. The lowest BCUT2D eigenvalue weighted by molar-refractivity contribution is 0.340. The summed E-state index contributed by atoms with van der Waals surface area (Å²) in [6.45, 7) is 42.4. The standard InChI is InChI=1S/C18H28N2O5S.2C18H26N2O5S.C17H24N2O3.C8H20N2.2ClH/c3*1-10(2)15-16(11(3)4)20-18(19-15)12-8-13(23-5)17(14(9-12)24-6)25-26(7,21)22;1-9(2)14-15(10(3)4)19-17(18-14)11-7-12(21-5)16(20)13(8-11)22-6;1-5(2)7(9)8(10)6(3)4;;/h8-11,15-16H,1-7H3,(H,19,20);2*8-11H,1-7H3,(H,19,20);7-10,20H,1-6H3,(H,18,19);5-8H,9-10H2,1-4H3;2*1H/t;;;;7-,8-;;/m....0../s1. The molecule has 0 radical (unpaired) electrons. The molecule has 0 aliphatic carbocycles. The topological polar surface area (TPSA) is 387 Å². The second kappa shape index (κ2) is 43.4. The maximum Gasteiger partial charge on any atom is 0.306 e. The summed E-state index contributed by atoms with van der Waals surface area (Å²) in [5.74, 6) is 8.75. The van der Waals surface area contributed by atoms with E-state index in [0.29, 0.717) is 81.6 Å². The molecule has 28 nitrogen and oxygen atoms in total. The number of rotatable bonds is 29. The normalized spacial score (nSPS) is 14.0. The lowest BCUT2D eigenvalue weighted by Crippen LogP contribution is -2.47. The van der Waals surface area contributed by atoms with Crippen LogP contribution >= 0.6 is 24.8 Å². The number of nitrogens with zero attached hydrogens (tertiary/aromatic N) is 4. The molecule has 33 heteroatoms. The summed E-state index contributed by atoms with van der Waals surface area (Å²) in [5, 5.41) is 13.5. The van der Waals surface area contributed by atoms with Crippen molar-refractivity contribution >= 4 is 61.0 Å². The number of phenols is 1. The van der Waals surface area contributed by atoms with Gasteiger partial charge in [0.2, 0.25) is 23.0 Å². The van der Waals surface area contributed by atoms with E-state index in [1.165, 1.54) is 56.9 Å². The van der Waals surface area contributed by atoms with Crippen LogP contribution in [0.2, 0.25) is 0 Å². The molecule has 4 atom stereocenters. The highest BCUT2D eigenvalue weighted by atomic mass is 35.5. The number of amidine groups is 1. The largest absolute Gasteiger partial charge is 0.502 e. The molecule has 2 unspecified atom stereocenters. The number of aromatic hydroxyl groups is 1. The molecule has 7 aromatic rings. The van der Waals surface area contributed by atoms with Crippen LogP contribution in [-0.2, 0) is 30.4 Å². The maximum absolute atomic E-state index is 11.5. The van der Waals surface area contributed by atoms with Crippen molar-refractivity contribution in [2.24, 2.45) is 40.1 Å². The minimum absolute atomic E-state index is 0. The number of aliphatic imine (C=N–C) groups is 1. The molecular formula is C79H126Cl2N10O18S3. The van der Waals surface area contributed by atoms with E-state index in [4.69, 9.17) is 81.9 Å². The zero-order valence-electron chi connectivity index (χ0n) is 71.1. The smallest absolute Gasteiger partial charge is 0.306 e. The fourth-order valence-corrected chi connectivity index (χ4v) is 13.1. The van der Waals surface area contributed by atoms with Gasteiger partial charge in [-0.05, 0) is 108 Å². The first kappa shape index (κ1) is 100. The van der Waals surface area contributed by atoms with Crippen LogP contribution in [0, 0.1) is 23.7 Å². The molecule has 0 saturated heterocycles. The highest BCUT2D eigenvalue weighted by molar-refractivity contribution is 7.86. The average Bonchev–Trinajstić information content (AvgIpc) is 1.78. The molecule has 1 aliphatic rings. The SMILES string of the molecule is CC(C)[C@H](N)[C@@H](N)C(C)C.COc1cc(-c2nc(C(C)C)c(C(C)C)[nH]2)cc(OC)c1O.COc1cc(-c2nc(C(C)C)c(C(C)C)[nH]2)cc(OC)c1OS(C)(=O)=O.COc1cc(-c2nc(C(C)C)c(C(C)C)[nH]2)cc(OC)c1OS(C)(=O)=O.COc1cc(C2=NC(C(C)C)C(C(C)C)N2)cc(OC)c1OS(C)(=O)=O.Cl.Cl. The van der Waals surface area contributed by atoms with Crippen molar-refractivity contribution in [3.63, 3.8) is 0 Å². The molecule has 0 saturated carbocycles. The van der Waals surface area contributed by atoms with Crippen molar-refractivity contribution in [3.8, 4) is 103 Å². The average molecular weight is 1670 g/mol. The Kier molecular flexibility index (Phi) is 38.8. The number of aromatic amines is 3. The Hall–Kier alpha value is -8.07. The number of hydrogen-bond donors (Lipinski definition) is 7. The van der Waals surface area contributed by atoms with Crippen LogP contribution in [0.25, 0.3) is 34.2 Å². The van der Waals surface area contributed by atoms with E-state index >= 15 is 0 Å². The molecular weight excluding hydrogens is 1540 g/mol. The summed E-state index contributed by atoms with van der Waals surface area (Å²) in [6.07, 6.45) is 2.91. The molecule has 632 valence electrons.